The van der Waals surface area contributed by atoms with Crippen LogP contribution in [0.3, 0.4) is 0 Å². The van der Waals surface area contributed by atoms with Crippen LogP contribution in [0.25, 0.3) is 0 Å². The van der Waals surface area contributed by atoms with Crippen LogP contribution in [0.1, 0.15) is 0 Å². The number of hydrogen-bond donors (Lipinski definition) is 2. The maximum Gasteiger partial charge on any atom is 0.404 e. The second kappa shape index (κ2) is 9.52. The maximum absolute atomic E-state index is 9.26. The summed E-state index contributed by atoms with van der Waals surface area (Å²) in [6.07, 6.45) is -0.995. The zero-order valence-corrected chi connectivity index (χ0v) is 5.26. The molecule has 0 saturated carbocycles. The molecule has 4 nitrogen and oxygen atoms in total. The van der Waals surface area contributed by atoms with Gasteiger partial charge in [0.25, 0.3) is 0 Å². The van der Waals surface area contributed by atoms with Crippen molar-refractivity contribution in [2.45, 2.75) is 0 Å². The van der Waals surface area contributed by atoms with Crippen LogP contribution in [-0.4, -0.2) is 32.5 Å². The molecule has 8 heavy (non-hydrogen) atoms. The molecule has 50 valence electrons. The van der Waals surface area contributed by atoms with Gasteiger partial charge in [0, 0.05) is 21.3 Å². The van der Waals surface area contributed by atoms with E-state index >= 15 is 0 Å². The second-order valence-electron chi connectivity index (χ2n) is 0.963. The lowest BCUT2D eigenvalue weighted by molar-refractivity contribution is 0.197. The van der Waals surface area contributed by atoms with Crippen LogP contribution < -0.4 is 5.32 Å². The zero-order valence-electron chi connectivity index (χ0n) is 5.26. The molecular formula is C4H11NO3. The van der Waals surface area contributed by atoms with Gasteiger partial charge in [0.15, 0.2) is 0 Å². The van der Waals surface area contributed by atoms with Crippen LogP contribution in [0.15, 0.2) is 0 Å². The van der Waals surface area contributed by atoms with Crippen LogP contribution in [0, 0.1) is 0 Å². The average molecular weight is 121 g/mol. The number of ether oxygens (including phenoxy) is 1. The van der Waals surface area contributed by atoms with E-state index in [2.05, 4.69) is 4.74 Å². The second-order valence-corrected chi connectivity index (χ2v) is 0.963. The van der Waals surface area contributed by atoms with Gasteiger partial charge in [-0.2, -0.15) is 0 Å². The molecule has 0 aromatic carbocycles. The molecule has 0 atom stereocenters. The average Bonchev–Trinajstić information content (AvgIpc) is 1.69. The quantitative estimate of drug-likeness (QED) is 0.479. The summed E-state index contributed by atoms with van der Waals surface area (Å²) in [4.78, 5) is 9.26. The van der Waals surface area contributed by atoms with Crippen molar-refractivity contribution < 1.29 is 14.6 Å². The molecule has 0 saturated heterocycles. The first-order valence-electron chi connectivity index (χ1n) is 1.99. The standard InChI is InChI=1S/C2H5NO2.C2H6O/c1-3-2(4)5;1-3-2/h3H,1H3,(H,4,5);1-2H3. The maximum atomic E-state index is 9.26. The SMILES string of the molecule is CNC(=O)O.COC. The molecular weight excluding hydrogens is 110 g/mol. The smallest absolute Gasteiger partial charge is 0.404 e. The number of nitrogens with one attached hydrogen (secondary N) is 1. The molecule has 0 aliphatic carbocycles. The Labute approximate surface area is 48.5 Å². The highest BCUT2D eigenvalue weighted by atomic mass is 16.4. The first kappa shape index (κ1) is 10.3. The lowest BCUT2D eigenvalue weighted by Crippen LogP contribution is -2.13. The monoisotopic (exact) mass is 121 g/mol. The summed E-state index contributed by atoms with van der Waals surface area (Å²) in [6.45, 7) is 0. The molecule has 0 aliphatic rings. The van der Waals surface area contributed by atoms with Gasteiger partial charge >= 0.3 is 6.09 Å². The van der Waals surface area contributed by atoms with E-state index in [-0.39, 0.29) is 0 Å². The lowest BCUT2D eigenvalue weighted by atomic mass is 11.1. The van der Waals surface area contributed by atoms with Crippen LogP contribution in [0.4, 0.5) is 4.79 Å². The summed E-state index contributed by atoms with van der Waals surface area (Å²) in [5.74, 6) is 0. The predicted molar refractivity (Wildman–Crippen MR) is 30.0 cm³/mol. The third kappa shape index (κ3) is 61.9. The van der Waals surface area contributed by atoms with E-state index in [1.807, 2.05) is 5.32 Å². The van der Waals surface area contributed by atoms with Gasteiger partial charge in [0.2, 0.25) is 0 Å². The first-order chi connectivity index (χ1) is 3.68. The lowest BCUT2D eigenvalue weighted by Gasteiger charge is -1.78. The van der Waals surface area contributed by atoms with Crippen molar-refractivity contribution in [1.29, 1.82) is 0 Å². The minimum atomic E-state index is -0.995. The predicted octanol–water partition coefficient (Wildman–Crippen LogP) is 0.146. The molecule has 0 rings (SSSR count). The molecule has 0 radical (unpaired) electrons. The van der Waals surface area contributed by atoms with E-state index in [4.69, 9.17) is 5.11 Å². The number of carbonyl (C=O) groups is 1. The summed E-state index contributed by atoms with van der Waals surface area (Å²) >= 11 is 0. The van der Waals surface area contributed by atoms with Gasteiger partial charge in [-0.3, -0.25) is 0 Å². The summed E-state index contributed by atoms with van der Waals surface area (Å²) in [5.41, 5.74) is 0. The summed E-state index contributed by atoms with van der Waals surface area (Å²) in [7, 11) is 4.60. The first-order valence-corrected chi connectivity index (χ1v) is 1.99. The van der Waals surface area contributed by atoms with Crippen LogP contribution in [0.2, 0.25) is 0 Å². The summed E-state index contributed by atoms with van der Waals surface area (Å²) in [5, 5.41) is 9.56. The summed E-state index contributed by atoms with van der Waals surface area (Å²) in [6, 6.07) is 0. The van der Waals surface area contributed by atoms with Crippen LogP contribution >= 0.6 is 0 Å². The highest BCUT2D eigenvalue weighted by molar-refractivity contribution is 5.63. The van der Waals surface area contributed by atoms with Crippen molar-refractivity contribution in [3.05, 3.63) is 0 Å². The van der Waals surface area contributed by atoms with Crippen molar-refractivity contribution in [2.24, 2.45) is 0 Å². The van der Waals surface area contributed by atoms with Crippen molar-refractivity contribution in [1.82, 2.24) is 5.32 Å². The van der Waals surface area contributed by atoms with Gasteiger partial charge in [-0.1, -0.05) is 0 Å². The highest BCUT2D eigenvalue weighted by Crippen LogP contribution is 1.45. The zero-order chi connectivity index (χ0) is 6.99. The van der Waals surface area contributed by atoms with Crippen molar-refractivity contribution in [2.75, 3.05) is 21.3 Å². The third-order valence-corrected chi connectivity index (χ3v) is 0.214. The normalized spacial score (nSPS) is 6.38. The molecule has 0 spiro atoms. The van der Waals surface area contributed by atoms with E-state index in [1.54, 1.807) is 14.2 Å². The molecule has 0 unspecified atom stereocenters. The molecule has 0 aliphatic heterocycles. The number of amides is 1. The third-order valence-electron chi connectivity index (χ3n) is 0.214. The Morgan fingerprint density at radius 2 is 1.75 bits per heavy atom. The fourth-order valence-electron chi connectivity index (χ4n) is 0. The molecule has 0 fully saturated rings. The number of methoxy groups -OCH3 is 1. The Bertz CT molecular complexity index is 55.2. The van der Waals surface area contributed by atoms with Crippen LogP contribution in [-0.2, 0) is 4.74 Å². The van der Waals surface area contributed by atoms with Gasteiger partial charge in [-0.05, 0) is 0 Å². The molecule has 0 aromatic heterocycles. The van der Waals surface area contributed by atoms with E-state index in [0.29, 0.717) is 0 Å². The van der Waals surface area contributed by atoms with E-state index in [9.17, 15) is 4.79 Å². The van der Waals surface area contributed by atoms with Crippen LogP contribution in [0.5, 0.6) is 0 Å². The topological polar surface area (TPSA) is 58.6 Å². The molecule has 0 aromatic rings. The molecule has 0 heterocycles. The van der Waals surface area contributed by atoms with Crippen molar-refractivity contribution in [3.63, 3.8) is 0 Å². The Balaban J connectivity index is 0. The fourth-order valence-corrected chi connectivity index (χ4v) is 0. The fraction of sp³-hybridized carbons (Fsp3) is 0.750. The minimum absolute atomic E-state index is 0.995. The number of carboxylic acid groups (broad SMARTS) is 1. The Morgan fingerprint density at radius 1 is 1.62 bits per heavy atom. The number of rotatable bonds is 0. The Morgan fingerprint density at radius 3 is 1.75 bits per heavy atom. The minimum Gasteiger partial charge on any atom is -0.465 e. The van der Waals surface area contributed by atoms with Crippen molar-refractivity contribution in [3.8, 4) is 0 Å². The molecule has 4 heteroatoms. The highest BCUT2D eigenvalue weighted by Gasteiger charge is 1.76. The van der Waals surface area contributed by atoms with Gasteiger partial charge in [0.05, 0.1) is 0 Å². The number of hydrogen-bond acceptors (Lipinski definition) is 2. The summed E-state index contributed by atoms with van der Waals surface area (Å²) < 4.78 is 4.25. The van der Waals surface area contributed by atoms with E-state index < -0.39 is 6.09 Å². The van der Waals surface area contributed by atoms with Gasteiger partial charge < -0.3 is 15.2 Å². The van der Waals surface area contributed by atoms with Crippen molar-refractivity contribution >= 4 is 6.09 Å². The Kier molecular flexibility index (Phi) is 12.2. The van der Waals surface area contributed by atoms with E-state index in [1.165, 1.54) is 7.05 Å². The Hall–Kier alpha value is -0.770. The molecule has 2 N–H and O–H groups in total. The molecule has 0 bridgehead atoms. The van der Waals surface area contributed by atoms with Gasteiger partial charge in [-0.15, -0.1) is 0 Å². The van der Waals surface area contributed by atoms with E-state index in [0.717, 1.165) is 0 Å². The largest absolute Gasteiger partial charge is 0.465 e. The molecule has 1 amide bonds. The van der Waals surface area contributed by atoms with Gasteiger partial charge in [-0.25, -0.2) is 4.79 Å². The van der Waals surface area contributed by atoms with Gasteiger partial charge in [0.1, 0.15) is 0 Å².